The van der Waals surface area contributed by atoms with Gasteiger partial charge >= 0.3 is 5.97 Å². The molecule has 0 aliphatic rings. The number of aliphatic hydroxyl groups is 3. The Balaban J connectivity index is 4.00. The summed E-state index contributed by atoms with van der Waals surface area (Å²) in [5.41, 5.74) is 0. The van der Waals surface area contributed by atoms with Crippen LogP contribution in [-0.4, -0.2) is 51.0 Å². The normalized spacial score (nSPS) is 15.2. The van der Waals surface area contributed by atoms with Gasteiger partial charge in [0.05, 0.1) is 12.5 Å². The fourth-order valence-corrected chi connectivity index (χ4v) is 0.599. The Morgan fingerprint density at radius 3 is 2.08 bits per heavy atom. The molecule has 4 N–H and O–H groups in total. The molecule has 0 saturated heterocycles. The largest absolute Gasteiger partial charge is 0.481 e. The van der Waals surface area contributed by atoms with Crippen LogP contribution < -0.4 is 0 Å². The average molecular weight is 178 g/mol. The minimum absolute atomic E-state index is 0.729. The lowest BCUT2D eigenvalue weighted by Gasteiger charge is -2.12. The summed E-state index contributed by atoms with van der Waals surface area (Å²) < 4.78 is 0. The van der Waals surface area contributed by atoms with E-state index in [1.54, 1.807) is 0 Å². The van der Waals surface area contributed by atoms with Crippen molar-refractivity contribution in [3.05, 3.63) is 0 Å². The molecule has 6 nitrogen and oxygen atoms in total. The Kier molecular flexibility index (Phi) is 4.42. The zero-order valence-electron chi connectivity index (χ0n) is 6.17. The lowest BCUT2D eigenvalue weighted by atomic mass is 10.1. The van der Waals surface area contributed by atoms with Gasteiger partial charge in [0.25, 0.3) is 0 Å². The Labute approximate surface area is 68.1 Å². The third kappa shape index (κ3) is 3.42. The zero-order valence-corrected chi connectivity index (χ0v) is 6.17. The van der Waals surface area contributed by atoms with Gasteiger partial charge in [-0.3, -0.25) is 9.59 Å². The van der Waals surface area contributed by atoms with Crippen molar-refractivity contribution in [1.82, 2.24) is 0 Å². The van der Waals surface area contributed by atoms with Crippen LogP contribution in [0, 0.1) is 0 Å². The molecule has 0 radical (unpaired) electrons. The van der Waals surface area contributed by atoms with Gasteiger partial charge < -0.3 is 20.4 Å². The highest BCUT2D eigenvalue weighted by atomic mass is 16.4. The maximum atomic E-state index is 10.5. The second kappa shape index (κ2) is 4.81. The standard InChI is InChI=1S/C6H10O6/c7-2-4(9)6(12)3(8)1-5(10)11/h3,6-8,12H,1-2H2,(H,10,11)/t3-,6+/m1/s1. The monoisotopic (exact) mass is 178 g/mol. The molecule has 70 valence electrons. The number of ketones is 1. The first-order chi connectivity index (χ1) is 5.49. The van der Waals surface area contributed by atoms with Gasteiger partial charge in [0.2, 0.25) is 0 Å². The smallest absolute Gasteiger partial charge is 0.306 e. The van der Waals surface area contributed by atoms with Crippen LogP contribution in [0.1, 0.15) is 6.42 Å². The molecule has 0 bridgehead atoms. The first kappa shape index (κ1) is 11.0. The molecule has 6 heteroatoms. The molecule has 0 saturated carbocycles. The van der Waals surface area contributed by atoms with Crippen LogP contribution in [0.5, 0.6) is 0 Å². The van der Waals surface area contributed by atoms with E-state index in [0.717, 1.165) is 0 Å². The van der Waals surface area contributed by atoms with Crippen molar-refractivity contribution < 1.29 is 30.0 Å². The molecule has 0 fully saturated rings. The van der Waals surface area contributed by atoms with Gasteiger partial charge in [-0.15, -0.1) is 0 Å². The number of Topliss-reactive ketones (excluding diaryl/α,β-unsaturated/α-hetero) is 1. The van der Waals surface area contributed by atoms with E-state index in [9.17, 15) is 9.59 Å². The lowest BCUT2D eigenvalue weighted by molar-refractivity contribution is -0.144. The van der Waals surface area contributed by atoms with E-state index in [-0.39, 0.29) is 0 Å². The molecule has 0 aromatic rings. The minimum atomic E-state index is -1.83. The van der Waals surface area contributed by atoms with E-state index in [2.05, 4.69) is 0 Å². The predicted octanol–water partition coefficient (Wildman–Crippen LogP) is -2.26. The van der Waals surface area contributed by atoms with Gasteiger partial charge in [-0.25, -0.2) is 0 Å². The highest BCUT2D eigenvalue weighted by Gasteiger charge is 2.25. The van der Waals surface area contributed by atoms with Crippen LogP contribution in [0.25, 0.3) is 0 Å². The molecule has 0 rings (SSSR count). The maximum absolute atomic E-state index is 10.5. The quantitative estimate of drug-likeness (QED) is 0.378. The summed E-state index contributed by atoms with van der Waals surface area (Å²) in [6.07, 6.45) is -4.22. The molecule has 0 heterocycles. The second-order valence-corrected chi connectivity index (χ2v) is 2.23. The molecule has 12 heavy (non-hydrogen) atoms. The molecule has 0 spiro atoms. The zero-order chi connectivity index (χ0) is 9.72. The third-order valence-corrected chi connectivity index (χ3v) is 1.23. The molecule has 0 aromatic heterocycles. The number of carbonyl (C=O) groups is 2. The van der Waals surface area contributed by atoms with Gasteiger partial charge in [-0.05, 0) is 0 Å². The Morgan fingerprint density at radius 2 is 1.75 bits per heavy atom. The van der Waals surface area contributed by atoms with Crippen molar-refractivity contribution >= 4 is 11.8 Å². The van der Waals surface area contributed by atoms with Gasteiger partial charge in [-0.1, -0.05) is 0 Å². The van der Waals surface area contributed by atoms with E-state index in [4.69, 9.17) is 20.4 Å². The molecular formula is C6H10O6. The number of rotatable bonds is 5. The molecule has 0 amide bonds. The topological polar surface area (TPSA) is 115 Å². The van der Waals surface area contributed by atoms with Gasteiger partial charge in [0, 0.05) is 0 Å². The average Bonchev–Trinajstić information content (AvgIpc) is 2.00. The summed E-state index contributed by atoms with van der Waals surface area (Å²) in [5.74, 6) is -2.32. The van der Waals surface area contributed by atoms with E-state index in [1.165, 1.54) is 0 Å². The van der Waals surface area contributed by atoms with Crippen LogP contribution in [-0.2, 0) is 9.59 Å². The van der Waals surface area contributed by atoms with Gasteiger partial charge in [0.15, 0.2) is 5.78 Å². The summed E-state index contributed by atoms with van der Waals surface area (Å²) in [6.45, 7) is -0.919. The molecule has 0 aliphatic heterocycles. The predicted molar refractivity (Wildman–Crippen MR) is 36.4 cm³/mol. The number of carboxylic acids is 1. The number of aliphatic carboxylic acids is 1. The van der Waals surface area contributed by atoms with Crippen molar-refractivity contribution in [2.75, 3.05) is 6.61 Å². The number of hydrogen-bond donors (Lipinski definition) is 4. The molecular weight excluding hydrogens is 168 g/mol. The van der Waals surface area contributed by atoms with Gasteiger partial charge in [0.1, 0.15) is 12.7 Å². The van der Waals surface area contributed by atoms with Crippen molar-refractivity contribution in [2.45, 2.75) is 18.6 Å². The third-order valence-electron chi connectivity index (χ3n) is 1.23. The Morgan fingerprint density at radius 1 is 1.25 bits per heavy atom. The van der Waals surface area contributed by atoms with Crippen molar-refractivity contribution in [1.29, 1.82) is 0 Å². The highest BCUT2D eigenvalue weighted by Crippen LogP contribution is 1.99. The summed E-state index contributed by atoms with van der Waals surface area (Å²) >= 11 is 0. The lowest BCUT2D eigenvalue weighted by Crippen LogP contribution is -2.37. The number of carboxylic acid groups (broad SMARTS) is 1. The number of carbonyl (C=O) groups excluding carboxylic acids is 1. The first-order valence-corrected chi connectivity index (χ1v) is 3.20. The molecule has 0 aromatic carbocycles. The van der Waals surface area contributed by atoms with Crippen LogP contribution in [0.15, 0.2) is 0 Å². The first-order valence-electron chi connectivity index (χ1n) is 3.20. The summed E-state index contributed by atoms with van der Waals surface area (Å²) in [7, 11) is 0. The highest BCUT2D eigenvalue weighted by molar-refractivity contribution is 5.85. The molecule has 2 atom stereocenters. The van der Waals surface area contributed by atoms with Crippen LogP contribution in [0.3, 0.4) is 0 Å². The van der Waals surface area contributed by atoms with Gasteiger partial charge in [-0.2, -0.15) is 0 Å². The van der Waals surface area contributed by atoms with Crippen molar-refractivity contribution in [2.24, 2.45) is 0 Å². The van der Waals surface area contributed by atoms with Crippen molar-refractivity contribution in [3.63, 3.8) is 0 Å². The minimum Gasteiger partial charge on any atom is -0.481 e. The Bertz CT molecular complexity index is 177. The van der Waals surface area contributed by atoms with Crippen LogP contribution >= 0.6 is 0 Å². The number of aliphatic hydroxyl groups excluding tert-OH is 3. The summed E-state index contributed by atoms with van der Waals surface area (Å²) in [6, 6.07) is 0. The fourth-order valence-electron chi connectivity index (χ4n) is 0.599. The molecule has 0 aliphatic carbocycles. The summed E-state index contributed by atoms with van der Waals surface area (Å²) in [4.78, 5) is 20.5. The van der Waals surface area contributed by atoms with E-state index in [1.807, 2.05) is 0 Å². The van der Waals surface area contributed by atoms with E-state index >= 15 is 0 Å². The fraction of sp³-hybridized carbons (Fsp3) is 0.667. The van der Waals surface area contributed by atoms with Crippen molar-refractivity contribution in [3.8, 4) is 0 Å². The van der Waals surface area contributed by atoms with E-state index in [0.29, 0.717) is 0 Å². The Hall–Kier alpha value is -0.980. The van der Waals surface area contributed by atoms with E-state index < -0.39 is 37.0 Å². The molecule has 0 unspecified atom stereocenters. The summed E-state index contributed by atoms with van der Waals surface area (Å²) in [5, 5.41) is 34.0. The van der Waals surface area contributed by atoms with Crippen LogP contribution in [0.4, 0.5) is 0 Å². The SMILES string of the molecule is O=C(O)C[C@@H](O)[C@H](O)C(=O)CO. The number of hydrogen-bond acceptors (Lipinski definition) is 5. The van der Waals surface area contributed by atoms with Crippen LogP contribution in [0.2, 0.25) is 0 Å². The maximum Gasteiger partial charge on any atom is 0.306 e. The second-order valence-electron chi connectivity index (χ2n) is 2.23.